The van der Waals surface area contributed by atoms with Crippen LogP contribution in [0.25, 0.3) is 0 Å². The molecule has 2 rings (SSSR count). The second-order valence-electron chi connectivity index (χ2n) is 3.75. The average molecular weight is 278 g/mol. The van der Waals surface area contributed by atoms with Gasteiger partial charge in [0.2, 0.25) is 10.0 Å². The second kappa shape index (κ2) is 5.77. The molecule has 0 unspecified atom stereocenters. The van der Waals surface area contributed by atoms with Crippen LogP contribution in [-0.2, 0) is 16.6 Å². The zero-order chi connectivity index (χ0) is 13.7. The van der Waals surface area contributed by atoms with E-state index in [4.69, 9.17) is 0 Å². The van der Waals surface area contributed by atoms with Crippen molar-refractivity contribution in [3.05, 3.63) is 48.5 Å². The standard InChI is InChI=1S/C12H14N4O2S/c1-13-19(17,18)12-5-3-2-4-11(12)16-9-10-8-14-6-7-15-10/h2-8,13,16H,9H2,1H3. The van der Waals surface area contributed by atoms with Gasteiger partial charge in [-0.3, -0.25) is 9.97 Å². The zero-order valence-electron chi connectivity index (χ0n) is 10.4. The molecule has 0 aliphatic carbocycles. The molecule has 1 aromatic heterocycles. The molecular formula is C12H14N4O2S. The van der Waals surface area contributed by atoms with E-state index in [1.54, 1.807) is 42.9 Å². The first-order valence-electron chi connectivity index (χ1n) is 5.65. The summed E-state index contributed by atoms with van der Waals surface area (Å²) in [6, 6.07) is 6.71. The van der Waals surface area contributed by atoms with Crippen LogP contribution >= 0.6 is 0 Å². The van der Waals surface area contributed by atoms with Crippen LogP contribution in [0.15, 0.2) is 47.8 Å². The molecule has 0 bridgehead atoms. The quantitative estimate of drug-likeness (QED) is 0.852. The zero-order valence-corrected chi connectivity index (χ0v) is 11.2. The highest BCUT2D eigenvalue weighted by Crippen LogP contribution is 2.20. The van der Waals surface area contributed by atoms with Crippen LogP contribution in [0, 0.1) is 0 Å². The molecule has 2 N–H and O–H groups in total. The van der Waals surface area contributed by atoms with Crippen molar-refractivity contribution in [2.75, 3.05) is 12.4 Å². The monoisotopic (exact) mass is 278 g/mol. The number of benzene rings is 1. The van der Waals surface area contributed by atoms with E-state index < -0.39 is 10.0 Å². The smallest absolute Gasteiger partial charge is 0.242 e. The Hall–Kier alpha value is -1.99. The number of rotatable bonds is 5. The third kappa shape index (κ3) is 3.27. The van der Waals surface area contributed by atoms with Crippen molar-refractivity contribution >= 4 is 15.7 Å². The summed E-state index contributed by atoms with van der Waals surface area (Å²) >= 11 is 0. The third-order valence-electron chi connectivity index (χ3n) is 2.52. The number of hydrogen-bond donors (Lipinski definition) is 2. The topological polar surface area (TPSA) is 84.0 Å². The number of aromatic nitrogens is 2. The Balaban J connectivity index is 2.22. The lowest BCUT2D eigenvalue weighted by atomic mass is 10.3. The summed E-state index contributed by atoms with van der Waals surface area (Å²) in [6.07, 6.45) is 4.80. The molecule has 0 amide bonds. The first-order chi connectivity index (χ1) is 9.13. The summed E-state index contributed by atoms with van der Waals surface area (Å²) in [7, 11) is -2.10. The molecule has 0 spiro atoms. The van der Waals surface area contributed by atoms with Gasteiger partial charge in [0.15, 0.2) is 0 Å². The molecule has 0 radical (unpaired) electrons. The van der Waals surface area contributed by atoms with Gasteiger partial charge < -0.3 is 5.32 Å². The molecule has 6 nitrogen and oxygen atoms in total. The van der Waals surface area contributed by atoms with Gasteiger partial charge in [-0.15, -0.1) is 0 Å². The summed E-state index contributed by atoms with van der Waals surface area (Å²) in [5.74, 6) is 0. The molecule has 1 aromatic carbocycles. The minimum Gasteiger partial charge on any atom is -0.378 e. The first kappa shape index (κ1) is 13.4. The van der Waals surface area contributed by atoms with Gasteiger partial charge >= 0.3 is 0 Å². The minimum absolute atomic E-state index is 0.210. The number of anilines is 1. The van der Waals surface area contributed by atoms with Crippen molar-refractivity contribution in [1.29, 1.82) is 0 Å². The van der Waals surface area contributed by atoms with Crippen LogP contribution in [-0.4, -0.2) is 25.4 Å². The van der Waals surface area contributed by atoms with Gasteiger partial charge in [-0.1, -0.05) is 12.1 Å². The summed E-state index contributed by atoms with van der Waals surface area (Å²) in [4.78, 5) is 8.28. The van der Waals surface area contributed by atoms with E-state index in [1.165, 1.54) is 7.05 Å². The molecule has 0 atom stereocenters. The number of sulfonamides is 1. The normalized spacial score (nSPS) is 11.2. The molecule has 2 aromatic rings. The Morgan fingerprint density at radius 2 is 2.00 bits per heavy atom. The molecule has 0 aliphatic rings. The number of nitrogens with one attached hydrogen (secondary N) is 2. The fraction of sp³-hybridized carbons (Fsp3) is 0.167. The predicted octanol–water partition coefficient (Wildman–Crippen LogP) is 0.997. The lowest BCUT2D eigenvalue weighted by molar-refractivity contribution is 0.588. The van der Waals surface area contributed by atoms with E-state index in [0.29, 0.717) is 12.2 Å². The van der Waals surface area contributed by atoms with Crippen molar-refractivity contribution in [3.63, 3.8) is 0 Å². The summed E-state index contributed by atoms with van der Waals surface area (Å²) in [6.45, 7) is 0.407. The molecule has 100 valence electrons. The largest absolute Gasteiger partial charge is 0.378 e. The third-order valence-corrected chi connectivity index (χ3v) is 3.99. The van der Waals surface area contributed by atoms with Gasteiger partial charge in [-0.25, -0.2) is 13.1 Å². The maximum absolute atomic E-state index is 11.9. The van der Waals surface area contributed by atoms with E-state index in [9.17, 15) is 8.42 Å². The summed E-state index contributed by atoms with van der Waals surface area (Å²) in [5, 5.41) is 3.05. The number of para-hydroxylation sites is 1. The molecule has 1 heterocycles. The molecule has 19 heavy (non-hydrogen) atoms. The van der Waals surface area contributed by atoms with Crippen LogP contribution in [0.2, 0.25) is 0 Å². The van der Waals surface area contributed by atoms with E-state index in [2.05, 4.69) is 20.0 Å². The summed E-state index contributed by atoms with van der Waals surface area (Å²) in [5.41, 5.74) is 1.27. The van der Waals surface area contributed by atoms with E-state index in [0.717, 1.165) is 5.69 Å². The van der Waals surface area contributed by atoms with Crippen molar-refractivity contribution in [2.24, 2.45) is 0 Å². The summed E-state index contributed by atoms with van der Waals surface area (Å²) < 4.78 is 26.0. The van der Waals surface area contributed by atoms with Crippen molar-refractivity contribution in [3.8, 4) is 0 Å². The van der Waals surface area contributed by atoms with E-state index in [-0.39, 0.29) is 4.90 Å². The molecule has 0 aliphatic heterocycles. The highest BCUT2D eigenvalue weighted by atomic mass is 32.2. The molecule has 7 heteroatoms. The van der Waals surface area contributed by atoms with Gasteiger partial charge in [-0.2, -0.15) is 0 Å². The van der Waals surface area contributed by atoms with E-state index >= 15 is 0 Å². The Morgan fingerprint density at radius 3 is 2.68 bits per heavy atom. The first-order valence-corrected chi connectivity index (χ1v) is 7.13. The Morgan fingerprint density at radius 1 is 1.21 bits per heavy atom. The SMILES string of the molecule is CNS(=O)(=O)c1ccccc1NCc1cnccn1. The van der Waals surface area contributed by atoms with Crippen LogP contribution < -0.4 is 10.0 Å². The number of nitrogens with zero attached hydrogens (tertiary/aromatic N) is 2. The van der Waals surface area contributed by atoms with Crippen molar-refractivity contribution < 1.29 is 8.42 Å². The van der Waals surface area contributed by atoms with Gasteiger partial charge in [0.05, 0.1) is 24.1 Å². The maximum Gasteiger partial charge on any atom is 0.242 e. The Labute approximate surface area is 112 Å². The lowest BCUT2D eigenvalue weighted by Crippen LogP contribution is -2.20. The predicted molar refractivity (Wildman–Crippen MR) is 72.0 cm³/mol. The molecule has 0 fully saturated rings. The van der Waals surface area contributed by atoms with Crippen molar-refractivity contribution in [1.82, 2.24) is 14.7 Å². The Bertz CT molecular complexity index is 644. The highest BCUT2D eigenvalue weighted by Gasteiger charge is 2.15. The maximum atomic E-state index is 11.9. The molecular weight excluding hydrogens is 264 g/mol. The van der Waals surface area contributed by atoms with Crippen LogP contribution in [0.4, 0.5) is 5.69 Å². The van der Waals surface area contributed by atoms with Crippen LogP contribution in [0.5, 0.6) is 0 Å². The van der Waals surface area contributed by atoms with Crippen LogP contribution in [0.1, 0.15) is 5.69 Å². The fourth-order valence-electron chi connectivity index (χ4n) is 1.56. The van der Waals surface area contributed by atoms with Gasteiger partial charge in [0.25, 0.3) is 0 Å². The minimum atomic E-state index is -3.48. The fourth-order valence-corrected chi connectivity index (χ4v) is 2.47. The van der Waals surface area contributed by atoms with Gasteiger partial charge in [0, 0.05) is 12.4 Å². The highest BCUT2D eigenvalue weighted by molar-refractivity contribution is 7.89. The number of hydrogen-bond acceptors (Lipinski definition) is 5. The average Bonchev–Trinajstić information content (AvgIpc) is 2.46. The second-order valence-corrected chi connectivity index (χ2v) is 5.61. The van der Waals surface area contributed by atoms with Gasteiger partial charge in [0.1, 0.15) is 4.90 Å². The molecule has 0 saturated heterocycles. The Kier molecular flexibility index (Phi) is 4.08. The molecule has 0 saturated carbocycles. The van der Waals surface area contributed by atoms with Crippen LogP contribution in [0.3, 0.4) is 0 Å². The van der Waals surface area contributed by atoms with Gasteiger partial charge in [-0.05, 0) is 19.2 Å². The van der Waals surface area contributed by atoms with Crippen molar-refractivity contribution in [2.45, 2.75) is 11.4 Å². The lowest BCUT2D eigenvalue weighted by Gasteiger charge is -2.11. The van der Waals surface area contributed by atoms with E-state index in [1.807, 2.05) is 0 Å².